The second-order valence-corrected chi connectivity index (χ2v) is 6.88. The van der Waals surface area contributed by atoms with Crippen molar-refractivity contribution in [3.05, 3.63) is 0 Å². The van der Waals surface area contributed by atoms with Gasteiger partial charge in [0.05, 0.1) is 6.61 Å². The van der Waals surface area contributed by atoms with Gasteiger partial charge in [0.15, 0.2) is 17.7 Å². The fourth-order valence-electron chi connectivity index (χ4n) is 3.80. The Labute approximate surface area is 124 Å². The molecule has 0 aromatic rings. The van der Waals surface area contributed by atoms with Crippen LogP contribution in [-0.4, -0.2) is 48.6 Å². The number of carbonyl (C=O) groups excluding carboxylic acids is 1. The lowest BCUT2D eigenvalue weighted by Crippen LogP contribution is -2.59. The van der Waals surface area contributed by atoms with Crippen LogP contribution in [-0.2, 0) is 28.5 Å². The summed E-state index contributed by atoms with van der Waals surface area (Å²) in [4.78, 5) is 12.8. The second kappa shape index (κ2) is 4.49. The monoisotopic (exact) mass is 298 g/mol. The maximum atomic E-state index is 12.8. The molecule has 21 heavy (non-hydrogen) atoms. The molecule has 0 bridgehead atoms. The standard InChI is InChI=1S/C15H22O6/c1-13(2)19-10-8-17-15(12(16)11(10)20-13)9-18-14(21-15)6-4-3-5-7-14/h10-11H,3-9H2,1-2H3/t10-,11?,15+/m1/s1. The summed E-state index contributed by atoms with van der Waals surface area (Å²) in [6.07, 6.45) is 3.96. The molecule has 3 atom stereocenters. The first-order valence-electron chi connectivity index (χ1n) is 7.82. The van der Waals surface area contributed by atoms with Gasteiger partial charge in [-0.05, 0) is 26.7 Å². The molecule has 4 aliphatic rings. The van der Waals surface area contributed by atoms with Gasteiger partial charge in [0.1, 0.15) is 12.7 Å². The average Bonchev–Trinajstić information content (AvgIpc) is 2.95. The smallest absolute Gasteiger partial charge is 0.258 e. The van der Waals surface area contributed by atoms with E-state index in [2.05, 4.69) is 0 Å². The molecule has 4 rings (SSSR count). The van der Waals surface area contributed by atoms with Gasteiger partial charge in [0, 0.05) is 12.8 Å². The summed E-state index contributed by atoms with van der Waals surface area (Å²) < 4.78 is 29.2. The van der Waals surface area contributed by atoms with Gasteiger partial charge in [-0.15, -0.1) is 0 Å². The van der Waals surface area contributed by atoms with E-state index in [4.69, 9.17) is 23.7 Å². The number of hydrogen-bond donors (Lipinski definition) is 0. The molecule has 0 amide bonds. The van der Waals surface area contributed by atoms with E-state index in [0.29, 0.717) is 6.61 Å². The van der Waals surface area contributed by atoms with Crippen molar-refractivity contribution < 1.29 is 28.5 Å². The number of carbonyl (C=O) groups is 1. The third-order valence-corrected chi connectivity index (χ3v) is 4.79. The van der Waals surface area contributed by atoms with Crippen molar-refractivity contribution in [1.29, 1.82) is 0 Å². The van der Waals surface area contributed by atoms with Crippen LogP contribution in [0.4, 0.5) is 0 Å². The minimum atomic E-state index is -1.30. The Kier molecular flexibility index (Phi) is 3.01. The molecule has 6 heteroatoms. The quantitative estimate of drug-likeness (QED) is 0.675. The van der Waals surface area contributed by atoms with Crippen molar-refractivity contribution in [2.45, 2.75) is 75.5 Å². The van der Waals surface area contributed by atoms with Gasteiger partial charge in [-0.3, -0.25) is 4.79 Å². The van der Waals surface area contributed by atoms with Crippen LogP contribution in [0.2, 0.25) is 0 Å². The van der Waals surface area contributed by atoms with Crippen LogP contribution >= 0.6 is 0 Å². The largest absolute Gasteiger partial charge is 0.344 e. The predicted molar refractivity (Wildman–Crippen MR) is 70.4 cm³/mol. The zero-order valence-electron chi connectivity index (χ0n) is 12.6. The fraction of sp³-hybridized carbons (Fsp3) is 0.933. The molecule has 2 spiro atoms. The van der Waals surface area contributed by atoms with Crippen LogP contribution in [0.3, 0.4) is 0 Å². The van der Waals surface area contributed by atoms with Crippen molar-refractivity contribution in [2.75, 3.05) is 13.2 Å². The Morgan fingerprint density at radius 1 is 1.05 bits per heavy atom. The number of hydrogen-bond acceptors (Lipinski definition) is 6. The molecule has 118 valence electrons. The van der Waals surface area contributed by atoms with Gasteiger partial charge >= 0.3 is 0 Å². The third-order valence-electron chi connectivity index (χ3n) is 4.79. The molecular weight excluding hydrogens is 276 g/mol. The van der Waals surface area contributed by atoms with Crippen LogP contribution in [0, 0.1) is 0 Å². The van der Waals surface area contributed by atoms with E-state index < -0.39 is 23.5 Å². The van der Waals surface area contributed by atoms with E-state index in [9.17, 15) is 4.79 Å². The van der Waals surface area contributed by atoms with Crippen molar-refractivity contribution in [3.8, 4) is 0 Å². The lowest BCUT2D eigenvalue weighted by atomic mass is 9.94. The Morgan fingerprint density at radius 3 is 2.57 bits per heavy atom. The van der Waals surface area contributed by atoms with E-state index >= 15 is 0 Å². The van der Waals surface area contributed by atoms with Gasteiger partial charge in [-0.2, -0.15) is 0 Å². The molecule has 3 saturated heterocycles. The normalized spacial score (nSPS) is 44.4. The summed E-state index contributed by atoms with van der Waals surface area (Å²) in [5.41, 5.74) is 0. The number of ether oxygens (including phenoxy) is 5. The van der Waals surface area contributed by atoms with Crippen molar-refractivity contribution in [2.24, 2.45) is 0 Å². The zero-order chi connectivity index (χ0) is 14.7. The van der Waals surface area contributed by atoms with Crippen molar-refractivity contribution >= 4 is 5.78 Å². The molecule has 3 heterocycles. The maximum Gasteiger partial charge on any atom is 0.258 e. The van der Waals surface area contributed by atoms with Crippen LogP contribution in [0.25, 0.3) is 0 Å². The molecule has 0 N–H and O–H groups in total. The highest BCUT2D eigenvalue weighted by atomic mass is 16.8. The first-order chi connectivity index (χ1) is 9.94. The van der Waals surface area contributed by atoms with E-state index in [1.807, 2.05) is 0 Å². The van der Waals surface area contributed by atoms with Gasteiger partial charge in [0.2, 0.25) is 5.78 Å². The lowest BCUT2D eigenvalue weighted by molar-refractivity contribution is -0.278. The molecule has 4 fully saturated rings. The predicted octanol–water partition coefficient (Wildman–Crippen LogP) is 1.51. The molecule has 0 radical (unpaired) electrons. The van der Waals surface area contributed by atoms with E-state index in [-0.39, 0.29) is 18.5 Å². The molecular formula is C15H22O6. The number of fused-ring (bicyclic) bond motifs is 1. The minimum absolute atomic E-state index is 0.152. The highest BCUT2D eigenvalue weighted by Gasteiger charge is 2.63. The van der Waals surface area contributed by atoms with Gasteiger partial charge in [-0.25, -0.2) is 0 Å². The Hall–Kier alpha value is -0.530. The summed E-state index contributed by atoms with van der Waals surface area (Å²) in [5, 5.41) is 0. The summed E-state index contributed by atoms with van der Waals surface area (Å²) in [5.74, 6) is -2.91. The van der Waals surface area contributed by atoms with E-state index in [1.54, 1.807) is 13.8 Å². The highest BCUT2D eigenvalue weighted by molar-refractivity contribution is 5.92. The Balaban J connectivity index is 1.55. The summed E-state index contributed by atoms with van der Waals surface area (Å²) in [7, 11) is 0. The minimum Gasteiger partial charge on any atom is -0.344 e. The fourth-order valence-corrected chi connectivity index (χ4v) is 3.80. The molecule has 6 nitrogen and oxygen atoms in total. The van der Waals surface area contributed by atoms with Crippen LogP contribution in [0.1, 0.15) is 46.0 Å². The first-order valence-corrected chi connectivity index (χ1v) is 7.82. The Bertz CT molecular complexity index is 455. The van der Waals surface area contributed by atoms with Crippen LogP contribution in [0.15, 0.2) is 0 Å². The molecule has 1 saturated carbocycles. The average molecular weight is 298 g/mol. The van der Waals surface area contributed by atoms with Crippen LogP contribution in [0.5, 0.6) is 0 Å². The van der Waals surface area contributed by atoms with Gasteiger partial charge in [-0.1, -0.05) is 6.42 Å². The second-order valence-electron chi connectivity index (χ2n) is 6.88. The highest BCUT2D eigenvalue weighted by Crippen LogP contribution is 2.46. The molecule has 1 unspecified atom stereocenters. The number of ketones is 1. The van der Waals surface area contributed by atoms with Gasteiger partial charge < -0.3 is 23.7 Å². The number of Topliss-reactive ketones (excluding diaryl/α,β-unsaturated/α-hetero) is 1. The number of rotatable bonds is 0. The third kappa shape index (κ3) is 2.16. The summed E-state index contributed by atoms with van der Waals surface area (Å²) in [6, 6.07) is 0. The van der Waals surface area contributed by atoms with Crippen molar-refractivity contribution in [3.63, 3.8) is 0 Å². The Morgan fingerprint density at radius 2 is 1.81 bits per heavy atom. The molecule has 3 aliphatic heterocycles. The molecule has 1 aliphatic carbocycles. The zero-order valence-corrected chi connectivity index (χ0v) is 12.6. The van der Waals surface area contributed by atoms with Crippen LogP contribution < -0.4 is 0 Å². The van der Waals surface area contributed by atoms with Crippen molar-refractivity contribution in [1.82, 2.24) is 0 Å². The SMILES string of the molecule is CC1(C)OC2C(=O)[C@@]3(COC4(CCCCC4)O3)OC[C@H]2O1. The lowest BCUT2D eigenvalue weighted by Gasteiger charge is -2.38. The molecule has 0 aromatic heterocycles. The maximum absolute atomic E-state index is 12.8. The first kappa shape index (κ1) is 14.1. The topological polar surface area (TPSA) is 63.2 Å². The molecule has 0 aromatic carbocycles. The summed E-state index contributed by atoms with van der Waals surface area (Å²) >= 11 is 0. The van der Waals surface area contributed by atoms with Gasteiger partial charge in [0.25, 0.3) is 5.79 Å². The van der Waals surface area contributed by atoms with E-state index in [0.717, 1.165) is 25.7 Å². The summed E-state index contributed by atoms with van der Waals surface area (Å²) in [6.45, 7) is 4.05. The van der Waals surface area contributed by atoms with E-state index in [1.165, 1.54) is 6.42 Å².